The van der Waals surface area contributed by atoms with Crippen LogP contribution < -0.4 is 5.32 Å². The van der Waals surface area contributed by atoms with E-state index in [-0.39, 0.29) is 0 Å². The van der Waals surface area contributed by atoms with Crippen LogP contribution in [0, 0.1) is 5.92 Å². The summed E-state index contributed by atoms with van der Waals surface area (Å²) < 4.78 is 0. The van der Waals surface area contributed by atoms with Gasteiger partial charge in [-0.05, 0) is 51.7 Å². The average molecular weight is 254 g/mol. The minimum Gasteiger partial charge on any atom is -0.313 e. The van der Waals surface area contributed by atoms with Gasteiger partial charge in [0.25, 0.3) is 0 Å². The van der Waals surface area contributed by atoms with Crippen LogP contribution in [0.4, 0.5) is 0 Å². The molecule has 0 saturated heterocycles. The summed E-state index contributed by atoms with van der Waals surface area (Å²) in [5.41, 5.74) is 0. The SMILES string of the molecule is CCCCCN(C)C1CC(CC)CCC1NCC. The van der Waals surface area contributed by atoms with E-state index in [0.29, 0.717) is 0 Å². The molecule has 108 valence electrons. The predicted molar refractivity (Wildman–Crippen MR) is 81.0 cm³/mol. The molecule has 0 radical (unpaired) electrons. The van der Waals surface area contributed by atoms with Crippen LogP contribution in [-0.4, -0.2) is 37.1 Å². The van der Waals surface area contributed by atoms with Crippen molar-refractivity contribution in [2.75, 3.05) is 20.1 Å². The van der Waals surface area contributed by atoms with Gasteiger partial charge < -0.3 is 10.2 Å². The van der Waals surface area contributed by atoms with Crippen molar-refractivity contribution in [1.82, 2.24) is 10.2 Å². The topological polar surface area (TPSA) is 15.3 Å². The van der Waals surface area contributed by atoms with E-state index in [1.807, 2.05) is 0 Å². The molecule has 0 aliphatic heterocycles. The van der Waals surface area contributed by atoms with Gasteiger partial charge in [0, 0.05) is 12.1 Å². The largest absolute Gasteiger partial charge is 0.313 e. The van der Waals surface area contributed by atoms with E-state index in [9.17, 15) is 0 Å². The summed E-state index contributed by atoms with van der Waals surface area (Å²) in [6, 6.07) is 1.49. The third-order valence-electron chi connectivity index (χ3n) is 4.65. The van der Waals surface area contributed by atoms with Gasteiger partial charge in [-0.1, -0.05) is 40.0 Å². The van der Waals surface area contributed by atoms with Gasteiger partial charge in [0.2, 0.25) is 0 Å². The van der Waals surface area contributed by atoms with Gasteiger partial charge in [-0.3, -0.25) is 0 Å². The van der Waals surface area contributed by atoms with Crippen LogP contribution in [0.2, 0.25) is 0 Å². The monoisotopic (exact) mass is 254 g/mol. The van der Waals surface area contributed by atoms with Gasteiger partial charge >= 0.3 is 0 Å². The molecule has 1 N–H and O–H groups in total. The van der Waals surface area contributed by atoms with Crippen molar-refractivity contribution >= 4 is 0 Å². The molecule has 2 nitrogen and oxygen atoms in total. The fourth-order valence-electron chi connectivity index (χ4n) is 3.37. The van der Waals surface area contributed by atoms with Crippen LogP contribution in [0.15, 0.2) is 0 Å². The highest BCUT2D eigenvalue weighted by molar-refractivity contribution is 4.89. The Bertz CT molecular complexity index is 205. The lowest BCUT2D eigenvalue weighted by atomic mass is 9.80. The molecule has 1 rings (SSSR count). The highest BCUT2D eigenvalue weighted by Crippen LogP contribution is 2.29. The summed E-state index contributed by atoms with van der Waals surface area (Å²) in [4.78, 5) is 2.63. The van der Waals surface area contributed by atoms with Gasteiger partial charge in [0.05, 0.1) is 0 Å². The summed E-state index contributed by atoms with van der Waals surface area (Å²) in [6.45, 7) is 9.26. The molecule has 18 heavy (non-hydrogen) atoms. The maximum atomic E-state index is 3.71. The van der Waals surface area contributed by atoms with Crippen molar-refractivity contribution in [3.8, 4) is 0 Å². The quantitative estimate of drug-likeness (QED) is 0.665. The van der Waals surface area contributed by atoms with Crippen LogP contribution in [0.3, 0.4) is 0 Å². The van der Waals surface area contributed by atoms with Gasteiger partial charge in [0.15, 0.2) is 0 Å². The molecule has 0 aromatic carbocycles. The van der Waals surface area contributed by atoms with Gasteiger partial charge in [0.1, 0.15) is 0 Å². The summed E-state index contributed by atoms with van der Waals surface area (Å²) in [7, 11) is 2.34. The Balaban J connectivity index is 2.48. The number of nitrogens with zero attached hydrogens (tertiary/aromatic N) is 1. The van der Waals surface area contributed by atoms with Crippen molar-refractivity contribution in [3.05, 3.63) is 0 Å². The summed E-state index contributed by atoms with van der Waals surface area (Å²) >= 11 is 0. The van der Waals surface area contributed by atoms with E-state index in [0.717, 1.165) is 24.5 Å². The summed E-state index contributed by atoms with van der Waals surface area (Å²) in [6.07, 6.45) is 9.61. The molecule has 0 spiro atoms. The average Bonchev–Trinajstić information content (AvgIpc) is 2.39. The number of hydrogen-bond donors (Lipinski definition) is 1. The number of likely N-dealkylation sites (N-methyl/N-ethyl adjacent to an activating group) is 2. The second-order valence-corrected chi connectivity index (χ2v) is 6.01. The minimum atomic E-state index is 0.726. The van der Waals surface area contributed by atoms with Crippen LogP contribution >= 0.6 is 0 Å². The fourth-order valence-corrected chi connectivity index (χ4v) is 3.37. The normalized spacial score (nSPS) is 28.8. The predicted octanol–water partition coefficient (Wildman–Crippen LogP) is 3.67. The first kappa shape index (κ1) is 16.0. The Morgan fingerprint density at radius 3 is 2.50 bits per heavy atom. The molecule has 0 amide bonds. The lowest BCUT2D eigenvalue weighted by Crippen LogP contribution is -2.52. The first-order chi connectivity index (χ1) is 8.72. The third kappa shape index (κ3) is 4.89. The fraction of sp³-hybridized carbons (Fsp3) is 1.00. The molecule has 1 aliphatic carbocycles. The molecule has 3 unspecified atom stereocenters. The second-order valence-electron chi connectivity index (χ2n) is 6.01. The highest BCUT2D eigenvalue weighted by Gasteiger charge is 2.31. The molecule has 3 atom stereocenters. The van der Waals surface area contributed by atoms with Crippen molar-refractivity contribution in [1.29, 1.82) is 0 Å². The van der Waals surface area contributed by atoms with E-state index in [2.05, 4.69) is 38.0 Å². The number of unbranched alkanes of at least 4 members (excludes halogenated alkanes) is 2. The van der Waals surface area contributed by atoms with E-state index in [4.69, 9.17) is 0 Å². The number of hydrogen-bond acceptors (Lipinski definition) is 2. The molecule has 1 aliphatic rings. The zero-order chi connectivity index (χ0) is 13.4. The summed E-state index contributed by atoms with van der Waals surface area (Å²) in [5, 5.41) is 3.71. The minimum absolute atomic E-state index is 0.726. The second kappa shape index (κ2) is 8.92. The number of rotatable bonds is 8. The first-order valence-corrected chi connectivity index (χ1v) is 8.16. The van der Waals surface area contributed by atoms with Crippen molar-refractivity contribution in [2.45, 2.75) is 77.8 Å². The molecule has 0 heterocycles. The Labute approximate surface area is 115 Å². The van der Waals surface area contributed by atoms with E-state index in [1.165, 1.54) is 51.5 Å². The van der Waals surface area contributed by atoms with Crippen LogP contribution in [0.1, 0.15) is 65.7 Å². The zero-order valence-electron chi connectivity index (χ0n) is 13.0. The van der Waals surface area contributed by atoms with E-state index in [1.54, 1.807) is 0 Å². The maximum Gasteiger partial charge on any atom is 0.0248 e. The Morgan fingerprint density at radius 1 is 1.11 bits per heavy atom. The Hall–Kier alpha value is -0.0800. The Kier molecular flexibility index (Phi) is 7.92. The standard InChI is InChI=1S/C16H34N2/c1-5-8-9-12-18(4)16-13-14(6-2)10-11-15(16)17-7-3/h14-17H,5-13H2,1-4H3. The van der Waals surface area contributed by atoms with Gasteiger partial charge in [-0.2, -0.15) is 0 Å². The molecule has 2 heteroatoms. The van der Waals surface area contributed by atoms with Gasteiger partial charge in [-0.25, -0.2) is 0 Å². The van der Waals surface area contributed by atoms with Crippen molar-refractivity contribution < 1.29 is 0 Å². The molecule has 0 aromatic heterocycles. The van der Waals surface area contributed by atoms with Crippen molar-refractivity contribution in [2.24, 2.45) is 5.92 Å². The highest BCUT2D eigenvalue weighted by atomic mass is 15.2. The van der Waals surface area contributed by atoms with Crippen LogP contribution in [0.5, 0.6) is 0 Å². The molecule has 1 saturated carbocycles. The number of nitrogens with one attached hydrogen (secondary N) is 1. The van der Waals surface area contributed by atoms with Crippen LogP contribution in [-0.2, 0) is 0 Å². The van der Waals surface area contributed by atoms with Crippen molar-refractivity contribution in [3.63, 3.8) is 0 Å². The zero-order valence-corrected chi connectivity index (χ0v) is 13.0. The first-order valence-electron chi connectivity index (χ1n) is 8.16. The lowest BCUT2D eigenvalue weighted by Gasteiger charge is -2.41. The van der Waals surface area contributed by atoms with E-state index >= 15 is 0 Å². The summed E-state index contributed by atoms with van der Waals surface area (Å²) in [5.74, 6) is 0.957. The smallest absolute Gasteiger partial charge is 0.0248 e. The Morgan fingerprint density at radius 2 is 1.89 bits per heavy atom. The molecule has 0 bridgehead atoms. The molecule has 1 fully saturated rings. The van der Waals surface area contributed by atoms with Gasteiger partial charge in [-0.15, -0.1) is 0 Å². The molecular formula is C16H34N2. The lowest BCUT2D eigenvalue weighted by molar-refractivity contribution is 0.117. The van der Waals surface area contributed by atoms with E-state index < -0.39 is 0 Å². The third-order valence-corrected chi connectivity index (χ3v) is 4.65. The van der Waals surface area contributed by atoms with Crippen LogP contribution in [0.25, 0.3) is 0 Å². The molecular weight excluding hydrogens is 220 g/mol. The molecule has 0 aromatic rings. The maximum absolute atomic E-state index is 3.71.